The smallest absolute Gasteiger partial charge is 0.326 e. The first kappa shape index (κ1) is 26.3. The summed E-state index contributed by atoms with van der Waals surface area (Å²) in [5.41, 5.74) is 10.8. The van der Waals surface area contributed by atoms with Crippen LogP contribution in [0.15, 0.2) is 0 Å². The van der Waals surface area contributed by atoms with E-state index >= 15 is 0 Å². The van der Waals surface area contributed by atoms with Gasteiger partial charge in [-0.3, -0.25) is 19.2 Å². The summed E-state index contributed by atoms with van der Waals surface area (Å²) < 4.78 is 0. The number of nitrogens with one attached hydrogen (secondary N) is 2. The monoisotopic (exact) mass is 443 g/mol. The van der Waals surface area contributed by atoms with E-state index in [0.717, 1.165) is 0 Å². The fourth-order valence-electron chi connectivity index (χ4n) is 3.39. The van der Waals surface area contributed by atoms with Crippen LogP contribution in [0.1, 0.15) is 46.0 Å². The van der Waals surface area contributed by atoms with Crippen LogP contribution in [0.4, 0.5) is 0 Å². The van der Waals surface area contributed by atoms with E-state index < -0.39 is 60.4 Å². The number of rotatable bonds is 12. The number of primary amides is 1. The highest BCUT2D eigenvalue weighted by atomic mass is 16.4. The van der Waals surface area contributed by atoms with Crippen molar-refractivity contribution in [3.63, 3.8) is 0 Å². The molecule has 0 spiro atoms. The Balaban J connectivity index is 2.81. The molecule has 4 atom stereocenters. The predicted molar refractivity (Wildman–Crippen MR) is 109 cm³/mol. The molecular formula is C19H33N5O7. The molecule has 0 aromatic rings. The number of carboxylic acids is 1. The Kier molecular flexibility index (Phi) is 10.4. The van der Waals surface area contributed by atoms with E-state index in [1.54, 1.807) is 0 Å². The molecule has 1 saturated heterocycles. The molecule has 1 aliphatic rings. The van der Waals surface area contributed by atoms with Gasteiger partial charge in [0.15, 0.2) is 0 Å². The number of aliphatic hydroxyl groups is 1. The minimum absolute atomic E-state index is 0.160. The van der Waals surface area contributed by atoms with Crippen molar-refractivity contribution < 1.29 is 34.2 Å². The first-order valence-electron chi connectivity index (χ1n) is 10.3. The van der Waals surface area contributed by atoms with Gasteiger partial charge in [0.2, 0.25) is 23.6 Å². The minimum Gasteiger partial charge on any atom is -0.480 e. The van der Waals surface area contributed by atoms with Crippen LogP contribution < -0.4 is 22.1 Å². The SMILES string of the molecule is CC(C)CC(N)C(=O)NC(CO)C(=O)N1CCCC1C(=O)NC(CCC(N)=O)C(=O)O. The molecular weight excluding hydrogens is 410 g/mol. The Morgan fingerprint density at radius 2 is 1.77 bits per heavy atom. The van der Waals surface area contributed by atoms with Gasteiger partial charge in [-0.2, -0.15) is 0 Å². The molecule has 0 aromatic carbocycles. The second-order valence-electron chi connectivity index (χ2n) is 8.07. The van der Waals surface area contributed by atoms with Crippen LogP contribution >= 0.6 is 0 Å². The number of carboxylic acid groups (broad SMARTS) is 1. The van der Waals surface area contributed by atoms with Gasteiger partial charge in [0.25, 0.3) is 0 Å². The number of carbonyl (C=O) groups excluding carboxylic acids is 4. The lowest BCUT2D eigenvalue weighted by Gasteiger charge is -2.29. The standard InChI is InChI=1S/C19H33N5O7/c1-10(2)8-11(20)16(27)23-13(9-25)18(29)24-7-3-4-14(24)17(28)22-12(19(30)31)5-6-15(21)26/h10-14,25H,3-9,20H2,1-2H3,(H2,21,26)(H,22,28)(H,23,27)(H,30,31). The fraction of sp³-hybridized carbons (Fsp3) is 0.737. The summed E-state index contributed by atoms with van der Waals surface area (Å²) in [6.07, 6.45) is 0.773. The number of aliphatic carboxylic acids is 1. The first-order chi connectivity index (χ1) is 14.5. The fourth-order valence-corrected chi connectivity index (χ4v) is 3.39. The second-order valence-corrected chi connectivity index (χ2v) is 8.07. The zero-order valence-electron chi connectivity index (χ0n) is 17.9. The lowest BCUT2D eigenvalue weighted by atomic mass is 10.0. The highest BCUT2D eigenvalue weighted by Gasteiger charge is 2.39. The van der Waals surface area contributed by atoms with E-state index in [9.17, 15) is 34.2 Å². The summed E-state index contributed by atoms with van der Waals surface area (Å²) in [5, 5.41) is 23.6. The maximum atomic E-state index is 12.9. The zero-order chi connectivity index (χ0) is 23.7. The van der Waals surface area contributed by atoms with E-state index in [1.165, 1.54) is 4.90 Å². The summed E-state index contributed by atoms with van der Waals surface area (Å²) in [4.78, 5) is 61.2. The molecule has 4 amide bonds. The highest BCUT2D eigenvalue weighted by Crippen LogP contribution is 2.19. The Morgan fingerprint density at radius 3 is 2.29 bits per heavy atom. The molecule has 1 heterocycles. The number of carbonyl (C=O) groups is 5. The third-order valence-corrected chi connectivity index (χ3v) is 4.99. The van der Waals surface area contributed by atoms with E-state index in [4.69, 9.17) is 11.5 Å². The van der Waals surface area contributed by atoms with Crippen molar-refractivity contribution in [2.75, 3.05) is 13.2 Å². The van der Waals surface area contributed by atoms with E-state index in [1.807, 2.05) is 13.8 Å². The molecule has 1 aliphatic heterocycles. The molecule has 1 fully saturated rings. The van der Waals surface area contributed by atoms with E-state index in [2.05, 4.69) is 10.6 Å². The summed E-state index contributed by atoms with van der Waals surface area (Å²) >= 11 is 0. The lowest BCUT2D eigenvalue weighted by molar-refractivity contribution is -0.145. The highest BCUT2D eigenvalue weighted by molar-refractivity contribution is 5.94. The van der Waals surface area contributed by atoms with Gasteiger partial charge in [-0.15, -0.1) is 0 Å². The van der Waals surface area contributed by atoms with Crippen molar-refractivity contribution in [1.82, 2.24) is 15.5 Å². The Labute approximate surface area is 180 Å². The van der Waals surface area contributed by atoms with Gasteiger partial charge in [0, 0.05) is 13.0 Å². The largest absolute Gasteiger partial charge is 0.480 e. The van der Waals surface area contributed by atoms with Crippen LogP contribution in [0.5, 0.6) is 0 Å². The van der Waals surface area contributed by atoms with Crippen LogP contribution in [0.2, 0.25) is 0 Å². The van der Waals surface area contributed by atoms with Gasteiger partial charge in [0.1, 0.15) is 18.1 Å². The summed E-state index contributed by atoms with van der Waals surface area (Å²) in [5.74, 6) is -3.80. The lowest BCUT2D eigenvalue weighted by Crippen LogP contribution is -2.57. The normalized spacial score (nSPS) is 18.9. The van der Waals surface area contributed by atoms with Gasteiger partial charge < -0.3 is 37.2 Å². The van der Waals surface area contributed by atoms with Crippen molar-refractivity contribution in [1.29, 1.82) is 0 Å². The van der Waals surface area contributed by atoms with Crippen molar-refractivity contribution in [2.24, 2.45) is 17.4 Å². The molecule has 0 radical (unpaired) electrons. The molecule has 0 bridgehead atoms. The summed E-state index contributed by atoms with van der Waals surface area (Å²) in [6.45, 7) is 3.31. The van der Waals surface area contributed by atoms with Crippen molar-refractivity contribution in [3.8, 4) is 0 Å². The van der Waals surface area contributed by atoms with Crippen molar-refractivity contribution in [2.45, 2.75) is 70.1 Å². The third kappa shape index (κ3) is 8.13. The quantitative estimate of drug-likeness (QED) is 0.192. The van der Waals surface area contributed by atoms with Crippen LogP contribution in [-0.2, 0) is 24.0 Å². The van der Waals surface area contributed by atoms with E-state index in [0.29, 0.717) is 19.3 Å². The molecule has 0 saturated carbocycles. The molecule has 31 heavy (non-hydrogen) atoms. The van der Waals surface area contributed by atoms with Crippen LogP contribution in [-0.4, -0.2) is 82.0 Å². The van der Waals surface area contributed by atoms with Crippen LogP contribution in [0, 0.1) is 5.92 Å². The molecule has 176 valence electrons. The second kappa shape index (κ2) is 12.2. The average Bonchev–Trinajstić information content (AvgIpc) is 3.17. The van der Waals surface area contributed by atoms with Gasteiger partial charge in [-0.05, 0) is 31.6 Å². The molecule has 12 heteroatoms. The number of aliphatic hydroxyl groups excluding tert-OH is 1. The van der Waals surface area contributed by atoms with Crippen molar-refractivity contribution in [3.05, 3.63) is 0 Å². The molecule has 1 rings (SSSR count). The number of hydrogen-bond donors (Lipinski definition) is 6. The van der Waals surface area contributed by atoms with E-state index in [-0.39, 0.29) is 25.3 Å². The number of hydrogen-bond acceptors (Lipinski definition) is 7. The summed E-state index contributed by atoms with van der Waals surface area (Å²) in [6, 6.07) is -4.41. The van der Waals surface area contributed by atoms with Crippen molar-refractivity contribution >= 4 is 29.6 Å². The molecule has 0 aromatic heterocycles. The Bertz CT molecular complexity index is 685. The number of nitrogens with two attached hydrogens (primary N) is 2. The molecule has 0 aliphatic carbocycles. The topological polar surface area (TPSA) is 205 Å². The average molecular weight is 444 g/mol. The van der Waals surface area contributed by atoms with Crippen LogP contribution in [0.25, 0.3) is 0 Å². The van der Waals surface area contributed by atoms with Gasteiger partial charge >= 0.3 is 5.97 Å². The Morgan fingerprint density at radius 1 is 1.13 bits per heavy atom. The summed E-state index contributed by atoms with van der Waals surface area (Å²) in [7, 11) is 0. The number of nitrogens with zero attached hydrogens (tertiary/aromatic N) is 1. The predicted octanol–water partition coefficient (Wildman–Crippen LogP) is -2.34. The Hall–Kier alpha value is -2.73. The zero-order valence-corrected chi connectivity index (χ0v) is 17.9. The van der Waals surface area contributed by atoms with Gasteiger partial charge in [-0.25, -0.2) is 4.79 Å². The molecule has 8 N–H and O–H groups in total. The minimum atomic E-state index is -1.33. The van der Waals surface area contributed by atoms with Crippen LogP contribution in [0.3, 0.4) is 0 Å². The third-order valence-electron chi connectivity index (χ3n) is 4.99. The molecule has 12 nitrogen and oxygen atoms in total. The molecule has 4 unspecified atom stereocenters. The number of likely N-dealkylation sites (tertiary alicyclic amines) is 1. The maximum Gasteiger partial charge on any atom is 0.326 e. The van der Waals surface area contributed by atoms with Gasteiger partial charge in [-0.1, -0.05) is 13.8 Å². The van der Waals surface area contributed by atoms with Gasteiger partial charge in [0.05, 0.1) is 12.6 Å². The first-order valence-corrected chi connectivity index (χ1v) is 10.3. The maximum absolute atomic E-state index is 12.9. The number of amides is 4.